The molecule has 0 bridgehead atoms. The Morgan fingerprint density at radius 3 is 2.21 bits per heavy atom. The highest BCUT2D eigenvalue weighted by Gasteiger charge is 1.96. The topological polar surface area (TPSA) is 28.0 Å². The van der Waals surface area contributed by atoms with Crippen molar-refractivity contribution >= 4 is 6.01 Å². The molecule has 0 aromatic heterocycles. The van der Waals surface area contributed by atoms with E-state index in [9.17, 15) is 0 Å². The van der Waals surface area contributed by atoms with Crippen molar-refractivity contribution in [3.05, 3.63) is 0 Å². The Hall–Kier alpha value is -0.370. The highest BCUT2D eigenvalue weighted by Crippen LogP contribution is 1.90. The second kappa shape index (κ2) is 12.6. The lowest BCUT2D eigenvalue weighted by Gasteiger charge is -2.16. The predicted octanol–water partition coefficient (Wildman–Crippen LogP) is -1.08. The van der Waals surface area contributed by atoms with Gasteiger partial charge in [0.05, 0.1) is 12.6 Å². The highest BCUT2D eigenvalue weighted by atomic mass is 35.5. The van der Waals surface area contributed by atoms with E-state index in [0.717, 1.165) is 39.1 Å². The number of hydrogen-bond acceptors (Lipinski definition) is 3. The molecule has 14 heavy (non-hydrogen) atoms. The van der Waals surface area contributed by atoms with Crippen molar-refractivity contribution in [2.45, 2.75) is 27.2 Å². The third-order valence-electron chi connectivity index (χ3n) is 1.94. The van der Waals surface area contributed by atoms with Crippen molar-refractivity contribution in [2.75, 3.05) is 32.7 Å². The van der Waals surface area contributed by atoms with Crippen LogP contribution < -0.4 is 12.4 Å². The summed E-state index contributed by atoms with van der Waals surface area (Å²) in [5.41, 5.74) is 0. The van der Waals surface area contributed by atoms with Gasteiger partial charge >= 0.3 is 0 Å². The molecule has 0 heterocycles. The average Bonchev–Trinajstić information content (AvgIpc) is 2.17. The predicted molar refractivity (Wildman–Crippen MR) is 57.7 cm³/mol. The number of halogens is 1. The van der Waals surface area contributed by atoms with Crippen molar-refractivity contribution in [3.63, 3.8) is 0 Å². The molecule has 0 N–H and O–H groups in total. The molecule has 0 saturated heterocycles. The molecule has 0 atom stereocenters. The van der Waals surface area contributed by atoms with Gasteiger partial charge in [0.1, 0.15) is 0 Å². The van der Waals surface area contributed by atoms with Crippen molar-refractivity contribution < 1.29 is 12.4 Å². The standard InChI is InChI=1S/C10H21N3.ClH/c1-4-11-10-12-8-7-9-13(5-2)6-3;/h4-9H2,1-3H3;1H/p-1. The maximum Gasteiger partial charge on any atom is 0.0892 e. The average molecular weight is 219 g/mol. The van der Waals surface area contributed by atoms with E-state index in [4.69, 9.17) is 0 Å². The summed E-state index contributed by atoms with van der Waals surface area (Å²) in [5, 5.41) is 0. The van der Waals surface area contributed by atoms with Crippen molar-refractivity contribution in [1.29, 1.82) is 0 Å². The van der Waals surface area contributed by atoms with Gasteiger partial charge < -0.3 is 17.3 Å². The third kappa shape index (κ3) is 9.72. The maximum atomic E-state index is 4.06. The summed E-state index contributed by atoms with van der Waals surface area (Å²) in [6.45, 7) is 11.4. The quantitative estimate of drug-likeness (QED) is 0.395. The Kier molecular flexibility index (Phi) is 14.5. The Bertz CT molecular complexity index is 161. The second-order valence-electron chi connectivity index (χ2n) is 2.84. The lowest BCUT2D eigenvalue weighted by atomic mass is 10.4. The number of aliphatic imine (C=N–C) groups is 2. The molecule has 4 heteroatoms. The molecule has 0 unspecified atom stereocenters. The fraction of sp³-hybridized carbons (Fsp3) is 0.900. The molecule has 84 valence electrons. The van der Waals surface area contributed by atoms with E-state index in [0.29, 0.717) is 0 Å². The summed E-state index contributed by atoms with van der Waals surface area (Å²) in [4.78, 5) is 10.4. The van der Waals surface area contributed by atoms with Crippen LogP contribution in [0.25, 0.3) is 0 Å². The largest absolute Gasteiger partial charge is 1.00 e. The normalized spacial score (nSPS) is 9.14. The van der Waals surface area contributed by atoms with Crippen LogP contribution in [0.2, 0.25) is 0 Å². The Morgan fingerprint density at radius 1 is 1.07 bits per heavy atom. The lowest BCUT2D eigenvalue weighted by molar-refractivity contribution is -0.00000307. The molecule has 0 aliphatic rings. The maximum absolute atomic E-state index is 4.06. The minimum Gasteiger partial charge on any atom is -1.00 e. The van der Waals surface area contributed by atoms with Crippen LogP contribution in [0.15, 0.2) is 9.98 Å². The molecule has 0 fully saturated rings. The van der Waals surface area contributed by atoms with Gasteiger partial charge in [-0.1, -0.05) is 13.8 Å². The van der Waals surface area contributed by atoms with Gasteiger partial charge in [-0.3, -0.25) is 0 Å². The molecule has 0 radical (unpaired) electrons. The molecular weight excluding hydrogens is 198 g/mol. The van der Waals surface area contributed by atoms with Gasteiger partial charge in [0, 0.05) is 6.54 Å². The van der Waals surface area contributed by atoms with Gasteiger partial charge in [0.15, 0.2) is 0 Å². The number of hydrogen-bond donors (Lipinski definition) is 0. The molecule has 0 aromatic carbocycles. The molecule has 0 saturated carbocycles. The summed E-state index contributed by atoms with van der Waals surface area (Å²) in [6.07, 6.45) is 1.11. The van der Waals surface area contributed by atoms with Gasteiger partial charge in [0.2, 0.25) is 0 Å². The van der Waals surface area contributed by atoms with Crippen LogP contribution >= 0.6 is 0 Å². The zero-order chi connectivity index (χ0) is 9.94. The molecule has 3 nitrogen and oxygen atoms in total. The fourth-order valence-corrected chi connectivity index (χ4v) is 1.08. The smallest absolute Gasteiger partial charge is 0.0892 e. The van der Waals surface area contributed by atoms with E-state index in [1.54, 1.807) is 0 Å². The van der Waals surface area contributed by atoms with Crippen LogP contribution in [0.5, 0.6) is 0 Å². The van der Waals surface area contributed by atoms with Crippen LogP contribution in [0.4, 0.5) is 0 Å². The fourth-order valence-electron chi connectivity index (χ4n) is 1.08. The number of nitrogens with zero attached hydrogens (tertiary/aromatic N) is 3. The van der Waals surface area contributed by atoms with Gasteiger partial charge in [-0.25, -0.2) is 9.98 Å². The van der Waals surface area contributed by atoms with Gasteiger partial charge in [-0.05, 0) is 33.0 Å². The van der Waals surface area contributed by atoms with E-state index in [1.807, 2.05) is 6.92 Å². The molecule has 0 aliphatic carbocycles. The van der Waals surface area contributed by atoms with E-state index >= 15 is 0 Å². The minimum absolute atomic E-state index is 0. The first-order valence-corrected chi connectivity index (χ1v) is 5.15. The van der Waals surface area contributed by atoms with E-state index < -0.39 is 0 Å². The lowest BCUT2D eigenvalue weighted by Crippen LogP contribution is -3.00. The Balaban J connectivity index is 0. The first-order valence-electron chi connectivity index (χ1n) is 5.15. The third-order valence-corrected chi connectivity index (χ3v) is 1.94. The zero-order valence-corrected chi connectivity index (χ0v) is 10.2. The van der Waals surface area contributed by atoms with Crippen LogP contribution in [0.1, 0.15) is 27.2 Å². The van der Waals surface area contributed by atoms with Crippen molar-refractivity contribution in [3.8, 4) is 0 Å². The molecule has 0 spiro atoms. The van der Waals surface area contributed by atoms with Crippen LogP contribution in [0.3, 0.4) is 0 Å². The Labute approximate surface area is 93.7 Å². The SMILES string of the molecule is CCN=C=NCCCN(CC)CC.[Cl-]. The molecule has 0 aliphatic heterocycles. The number of rotatable bonds is 7. The van der Waals surface area contributed by atoms with E-state index in [1.165, 1.54) is 0 Å². The van der Waals surface area contributed by atoms with Gasteiger partial charge in [-0.2, -0.15) is 0 Å². The van der Waals surface area contributed by atoms with Crippen LogP contribution in [0, 0.1) is 0 Å². The highest BCUT2D eigenvalue weighted by molar-refractivity contribution is 5.40. The monoisotopic (exact) mass is 218 g/mol. The molecule has 0 amide bonds. The summed E-state index contributed by atoms with van der Waals surface area (Å²) in [7, 11) is 0. The minimum atomic E-state index is 0. The Morgan fingerprint density at radius 2 is 1.71 bits per heavy atom. The first kappa shape index (κ1) is 16.1. The molecular formula is C10H21ClN3-. The van der Waals surface area contributed by atoms with Gasteiger partial charge in [0.25, 0.3) is 0 Å². The summed E-state index contributed by atoms with van der Waals surface area (Å²) >= 11 is 0. The van der Waals surface area contributed by atoms with Crippen molar-refractivity contribution in [2.24, 2.45) is 9.98 Å². The summed E-state index contributed by atoms with van der Waals surface area (Å²) in [6, 6.07) is 2.68. The zero-order valence-electron chi connectivity index (χ0n) is 9.46. The van der Waals surface area contributed by atoms with Gasteiger partial charge in [-0.15, -0.1) is 0 Å². The summed E-state index contributed by atoms with van der Waals surface area (Å²) < 4.78 is 0. The van der Waals surface area contributed by atoms with E-state index in [2.05, 4.69) is 34.7 Å². The second-order valence-corrected chi connectivity index (χ2v) is 2.84. The molecule has 0 aromatic rings. The molecule has 0 rings (SSSR count). The first-order chi connectivity index (χ1) is 6.35. The van der Waals surface area contributed by atoms with Crippen molar-refractivity contribution in [1.82, 2.24) is 4.90 Å². The van der Waals surface area contributed by atoms with Crippen LogP contribution in [-0.2, 0) is 0 Å². The van der Waals surface area contributed by atoms with Crippen LogP contribution in [-0.4, -0.2) is 43.6 Å². The summed E-state index contributed by atoms with van der Waals surface area (Å²) in [5.74, 6) is 0. The van der Waals surface area contributed by atoms with E-state index in [-0.39, 0.29) is 12.4 Å².